The van der Waals surface area contributed by atoms with Crippen LogP contribution in [0.3, 0.4) is 0 Å². The van der Waals surface area contributed by atoms with Crippen molar-refractivity contribution in [1.29, 1.82) is 0 Å². The minimum absolute atomic E-state index is 0. The fourth-order valence-corrected chi connectivity index (χ4v) is 2.08. The number of para-hydroxylation sites is 1. The number of benzene rings is 1. The second-order valence-corrected chi connectivity index (χ2v) is 5.12. The summed E-state index contributed by atoms with van der Waals surface area (Å²) in [6.07, 6.45) is 1.22. The molecule has 1 rings (SSSR count). The van der Waals surface area contributed by atoms with Crippen LogP contribution < -0.4 is 15.8 Å². The molecule has 114 valence electrons. The maximum absolute atomic E-state index is 12.0. The van der Waals surface area contributed by atoms with Crippen molar-refractivity contribution in [1.82, 2.24) is 5.32 Å². The predicted octanol–water partition coefficient (Wildman–Crippen LogP) is 2.15. The van der Waals surface area contributed by atoms with Crippen molar-refractivity contribution in [2.45, 2.75) is 32.7 Å². The number of nitrogens with two attached hydrogens (primary N) is 1. The number of halogens is 1. The van der Waals surface area contributed by atoms with Crippen LogP contribution in [0.4, 0.5) is 0 Å². The summed E-state index contributed by atoms with van der Waals surface area (Å²) >= 11 is 0. The summed E-state index contributed by atoms with van der Waals surface area (Å²) in [7, 11) is 1.61. The summed E-state index contributed by atoms with van der Waals surface area (Å²) < 4.78 is 5.24. The second-order valence-electron chi connectivity index (χ2n) is 5.12. The maximum atomic E-state index is 12.0. The van der Waals surface area contributed by atoms with Gasteiger partial charge in [-0.05, 0) is 18.4 Å². The Labute approximate surface area is 127 Å². The molecule has 5 heteroatoms. The van der Waals surface area contributed by atoms with Crippen LogP contribution in [0.15, 0.2) is 24.3 Å². The lowest BCUT2D eigenvalue weighted by atomic mass is 10.0. The van der Waals surface area contributed by atoms with Gasteiger partial charge in [0.15, 0.2) is 0 Å². The van der Waals surface area contributed by atoms with Crippen LogP contribution in [0.2, 0.25) is 0 Å². The van der Waals surface area contributed by atoms with Gasteiger partial charge in [-0.3, -0.25) is 4.79 Å². The van der Waals surface area contributed by atoms with Gasteiger partial charge in [-0.1, -0.05) is 32.0 Å². The summed E-state index contributed by atoms with van der Waals surface area (Å²) in [5.74, 6) is 1.24. The first-order chi connectivity index (χ1) is 9.06. The van der Waals surface area contributed by atoms with Crippen LogP contribution in [-0.4, -0.2) is 25.6 Å². The Morgan fingerprint density at radius 2 is 2.00 bits per heavy atom. The largest absolute Gasteiger partial charge is 0.496 e. The molecule has 1 aromatic rings. The highest BCUT2D eigenvalue weighted by atomic mass is 35.5. The van der Waals surface area contributed by atoms with Crippen molar-refractivity contribution in [2.24, 2.45) is 11.7 Å². The van der Waals surface area contributed by atoms with E-state index in [1.165, 1.54) is 0 Å². The third-order valence-electron chi connectivity index (χ3n) is 2.95. The first kappa shape index (κ1) is 18.7. The van der Waals surface area contributed by atoms with E-state index in [0.717, 1.165) is 17.7 Å². The highest BCUT2D eigenvalue weighted by molar-refractivity contribution is 5.85. The summed E-state index contributed by atoms with van der Waals surface area (Å²) in [4.78, 5) is 12.0. The van der Waals surface area contributed by atoms with Crippen LogP contribution >= 0.6 is 12.4 Å². The van der Waals surface area contributed by atoms with Gasteiger partial charge in [0.2, 0.25) is 5.91 Å². The molecule has 0 heterocycles. The number of nitrogens with one attached hydrogen (secondary N) is 1. The minimum Gasteiger partial charge on any atom is -0.496 e. The molecule has 1 unspecified atom stereocenters. The lowest BCUT2D eigenvalue weighted by Gasteiger charge is -2.19. The second kappa shape index (κ2) is 9.61. The number of hydrogen-bond acceptors (Lipinski definition) is 3. The normalized spacial score (nSPS) is 11.7. The first-order valence-corrected chi connectivity index (χ1v) is 6.68. The molecule has 0 aromatic heterocycles. The Morgan fingerprint density at radius 1 is 1.35 bits per heavy atom. The quantitative estimate of drug-likeness (QED) is 0.811. The van der Waals surface area contributed by atoms with Gasteiger partial charge < -0.3 is 15.8 Å². The molecule has 1 atom stereocenters. The zero-order valence-corrected chi connectivity index (χ0v) is 13.2. The van der Waals surface area contributed by atoms with Gasteiger partial charge in [-0.15, -0.1) is 12.4 Å². The number of carbonyl (C=O) groups excluding carboxylic acids is 1. The molecule has 0 radical (unpaired) electrons. The number of carbonyl (C=O) groups is 1. The third kappa shape index (κ3) is 6.26. The minimum atomic E-state index is -0.0133. The highest BCUT2D eigenvalue weighted by Gasteiger charge is 2.14. The average Bonchev–Trinajstić information content (AvgIpc) is 2.38. The first-order valence-electron chi connectivity index (χ1n) is 6.68. The Balaban J connectivity index is 0.00000361. The van der Waals surface area contributed by atoms with E-state index in [9.17, 15) is 4.79 Å². The summed E-state index contributed by atoms with van der Waals surface area (Å²) in [6, 6.07) is 7.60. The fraction of sp³-hybridized carbons (Fsp3) is 0.533. The Hall–Kier alpha value is -1.26. The topological polar surface area (TPSA) is 64.3 Å². The number of ether oxygens (including phenoxy) is 1. The van der Waals surface area contributed by atoms with Crippen LogP contribution in [0.25, 0.3) is 0 Å². The van der Waals surface area contributed by atoms with Gasteiger partial charge >= 0.3 is 0 Å². The van der Waals surface area contributed by atoms with Crippen LogP contribution in [-0.2, 0) is 11.2 Å². The van der Waals surface area contributed by atoms with Crippen molar-refractivity contribution in [3.05, 3.63) is 29.8 Å². The lowest BCUT2D eigenvalue weighted by molar-refractivity contribution is -0.121. The van der Waals surface area contributed by atoms with E-state index < -0.39 is 0 Å². The Kier molecular flexibility index (Phi) is 9.01. The van der Waals surface area contributed by atoms with Crippen LogP contribution in [0.1, 0.15) is 25.8 Å². The van der Waals surface area contributed by atoms with E-state index in [-0.39, 0.29) is 24.4 Å². The molecular formula is C15H25ClN2O2. The smallest absolute Gasteiger partial charge is 0.224 e. The molecule has 0 bridgehead atoms. The molecule has 1 aromatic carbocycles. The standard InChI is InChI=1S/C15H24N2O2.ClH/c1-11(2)8-13(10-16)17-15(18)9-12-6-4-5-7-14(12)19-3;/h4-7,11,13H,8-10,16H2,1-3H3,(H,17,18);1H. The van der Waals surface area contributed by atoms with Gasteiger partial charge in [-0.25, -0.2) is 0 Å². The predicted molar refractivity (Wildman–Crippen MR) is 84.4 cm³/mol. The fourth-order valence-electron chi connectivity index (χ4n) is 2.08. The van der Waals surface area contributed by atoms with Crippen molar-refractivity contribution >= 4 is 18.3 Å². The van der Waals surface area contributed by atoms with E-state index in [1.54, 1.807) is 7.11 Å². The van der Waals surface area contributed by atoms with E-state index in [0.29, 0.717) is 18.9 Å². The number of amides is 1. The molecule has 0 aliphatic heterocycles. The van der Waals surface area contributed by atoms with Gasteiger partial charge in [0.05, 0.1) is 13.5 Å². The molecule has 20 heavy (non-hydrogen) atoms. The molecule has 3 N–H and O–H groups in total. The molecule has 0 saturated heterocycles. The van der Waals surface area contributed by atoms with Crippen LogP contribution in [0.5, 0.6) is 5.75 Å². The summed E-state index contributed by atoms with van der Waals surface area (Å²) in [5, 5.41) is 2.98. The molecule has 0 aliphatic carbocycles. The van der Waals surface area contributed by atoms with Crippen molar-refractivity contribution in [2.75, 3.05) is 13.7 Å². The zero-order valence-electron chi connectivity index (χ0n) is 12.4. The summed E-state index contributed by atoms with van der Waals surface area (Å²) in [6.45, 7) is 4.71. The van der Waals surface area contributed by atoms with Crippen molar-refractivity contribution in [3.8, 4) is 5.75 Å². The average molecular weight is 301 g/mol. The number of hydrogen-bond donors (Lipinski definition) is 2. The molecule has 0 fully saturated rings. The summed E-state index contributed by atoms with van der Waals surface area (Å²) in [5.41, 5.74) is 6.57. The maximum Gasteiger partial charge on any atom is 0.224 e. The molecule has 0 aliphatic rings. The van der Waals surface area contributed by atoms with E-state index in [1.807, 2.05) is 24.3 Å². The lowest BCUT2D eigenvalue weighted by Crippen LogP contribution is -2.41. The molecule has 1 amide bonds. The van der Waals surface area contributed by atoms with Crippen molar-refractivity contribution in [3.63, 3.8) is 0 Å². The molecule has 0 spiro atoms. The highest BCUT2D eigenvalue weighted by Crippen LogP contribution is 2.17. The van der Waals surface area contributed by atoms with E-state index in [4.69, 9.17) is 10.5 Å². The van der Waals surface area contributed by atoms with Gasteiger partial charge in [0, 0.05) is 18.2 Å². The monoisotopic (exact) mass is 300 g/mol. The molecule has 4 nitrogen and oxygen atoms in total. The van der Waals surface area contributed by atoms with Crippen LogP contribution in [0, 0.1) is 5.92 Å². The molecule has 0 saturated carbocycles. The SMILES string of the molecule is COc1ccccc1CC(=O)NC(CN)CC(C)C.Cl. The van der Waals surface area contributed by atoms with Gasteiger partial charge in [-0.2, -0.15) is 0 Å². The third-order valence-corrected chi connectivity index (χ3v) is 2.95. The van der Waals surface area contributed by atoms with Gasteiger partial charge in [0.25, 0.3) is 0 Å². The van der Waals surface area contributed by atoms with E-state index >= 15 is 0 Å². The molecular weight excluding hydrogens is 276 g/mol. The number of rotatable bonds is 7. The Bertz CT molecular complexity index is 411. The zero-order chi connectivity index (χ0) is 14.3. The van der Waals surface area contributed by atoms with E-state index in [2.05, 4.69) is 19.2 Å². The van der Waals surface area contributed by atoms with Gasteiger partial charge in [0.1, 0.15) is 5.75 Å². The Morgan fingerprint density at radius 3 is 2.55 bits per heavy atom. The number of methoxy groups -OCH3 is 1. The van der Waals surface area contributed by atoms with Crippen molar-refractivity contribution < 1.29 is 9.53 Å².